The first-order valence-corrected chi connectivity index (χ1v) is 7.56. The van der Waals surface area contributed by atoms with Crippen LogP contribution in [0.5, 0.6) is 0 Å². The summed E-state index contributed by atoms with van der Waals surface area (Å²) in [6, 6.07) is 6.87. The van der Waals surface area contributed by atoms with Crippen LogP contribution in [0.3, 0.4) is 0 Å². The summed E-state index contributed by atoms with van der Waals surface area (Å²) in [5.41, 5.74) is 1.77. The molecule has 1 aromatic heterocycles. The van der Waals surface area contributed by atoms with E-state index in [1.54, 1.807) is 24.3 Å². The number of carboxylic acid groups (broad SMARTS) is 1. The van der Waals surface area contributed by atoms with E-state index in [4.69, 9.17) is 11.6 Å². The number of carboxylic acids is 1. The predicted molar refractivity (Wildman–Crippen MR) is 82.8 cm³/mol. The van der Waals surface area contributed by atoms with E-state index in [2.05, 4.69) is 9.88 Å². The van der Waals surface area contributed by atoms with E-state index < -0.39 is 5.97 Å². The first-order chi connectivity index (χ1) is 10.1. The summed E-state index contributed by atoms with van der Waals surface area (Å²) < 4.78 is 0. The lowest BCUT2D eigenvalue weighted by atomic mass is 10.1. The summed E-state index contributed by atoms with van der Waals surface area (Å²) in [6.07, 6.45) is 3.68. The molecule has 0 radical (unpaired) electrons. The van der Waals surface area contributed by atoms with Gasteiger partial charge in [-0.05, 0) is 50.2 Å². The van der Waals surface area contributed by atoms with Gasteiger partial charge in [0.25, 0.3) is 0 Å². The van der Waals surface area contributed by atoms with Crippen molar-refractivity contribution in [2.45, 2.75) is 25.8 Å². The molecule has 1 aliphatic heterocycles. The lowest BCUT2D eigenvalue weighted by Crippen LogP contribution is -2.29. The van der Waals surface area contributed by atoms with Crippen molar-refractivity contribution in [2.75, 3.05) is 13.1 Å². The number of hydrogen-bond acceptors (Lipinski definition) is 3. The highest BCUT2D eigenvalue weighted by Gasteiger charge is 2.15. The van der Waals surface area contributed by atoms with Gasteiger partial charge in [-0.1, -0.05) is 18.0 Å². The Balaban J connectivity index is 1.99. The molecule has 0 aliphatic carbocycles. The third-order valence-electron chi connectivity index (χ3n) is 3.89. The van der Waals surface area contributed by atoms with Crippen molar-refractivity contribution in [1.82, 2.24) is 9.88 Å². The Labute approximate surface area is 128 Å². The molecule has 1 aromatic carbocycles. The van der Waals surface area contributed by atoms with E-state index in [0.29, 0.717) is 22.5 Å². The molecule has 21 heavy (non-hydrogen) atoms. The Kier molecular flexibility index (Phi) is 4.08. The summed E-state index contributed by atoms with van der Waals surface area (Å²) in [4.78, 5) is 18.4. The van der Waals surface area contributed by atoms with E-state index in [0.717, 1.165) is 18.8 Å². The topological polar surface area (TPSA) is 53.4 Å². The minimum Gasteiger partial charge on any atom is -0.478 e. The molecule has 1 aliphatic rings. The molecule has 4 nitrogen and oxygen atoms in total. The molecule has 5 heteroatoms. The van der Waals surface area contributed by atoms with Crippen LogP contribution in [0, 0.1) is 0 Å². The van der Waals surface area contributed by atoms with Gasteiger partial charge in [0.2, 0.25) is 0 Å². The number of carbonyl (C=O) groups is 1. The van der Waals surface area contributed by atoms with Crippen LogP contribution in [-0.2, 0) is 6.54 Å². The average Bonchev–Trinajstić information content (AvgIpc) is 2.48. The average molecular weight is 305 g/mol. The van der Waals surface area contributed by atoms with E-state index in [1.165, 1.54) is 19.3 Å². The van der Waals surface area contributed by atoms with Crippen molar-refractivity contribution < 1.29 is 9.90 Å². The molecule has 0 bridgehead atoms. The maximum Gasteiger partial charge on any atom is 0.336 e. The number of hydrogen-bond donors (Lipinski definition) is 1. The Morgan fingerprint density at radius 1 is 1.24 bits per heavy atom. The number of likely N-dealkylation sites (tertiary alicyclic amines) is 1. The van der Waals surface area contributed by atoms with Crippen molar-refractivity contribution in [3.63, 3.8) is 0 Å². The normalized spacial score (nSPS) is 16.2. The zero-order valence-corrected chi connectivity index (χ0v) is 12.4. The number of fused-ring (bicyclic) bond motifs is 1. The Hall–Kier alpha value is -1.65. The molecule has 1 N–H and O–H groups in total. The molecule has 3 rings (SSSR count). The summed E-state index contributed by atoms with van der Waals surface area (Å²) >= 11 is 5.96. The fourth-order valence-corrected chi connectivity index (χ4v) is 3.03. The van der Waals surface area contributed by atoms with Gasteiger partial charge in [0.15, 0.2) is 0 Å². The van der Waals surface area contributed by atoms with Crippen LogP contribution in [0.2, 0.25) is 5.02 Å². The van der Waals surface area contributed by atoms with Gasteiger partial charge in [0.05, 0.1) is 16.8 Å². The highest BCUT2D eigenvalue weighted by Crippen LogP contribution is 2.23. The number of aromatic nitrogens is 1. The second-order valence-electron chi connectivity index (χ2n) is 5.46. The molecule has 2 aromatic rings. The maximum absolute atomic E-state index is 11.5. The number of halogens is 1. The molecule has 0 saturated carbocycles. The SMILES string of the molecule is O=C(O)c1cc(CN2CCCCC2)nc2ccc(Cl)cc12. The predicted octanol–water partition coefficient (Wildman–Crippen LogP) is 3.57. The minimum absolute atomic E-state index is 0.273. The van der Waals surface area contributed by atoms with Crippen molar-refractivity contribution in [3.05, 3.63) is 40.5 Å². The van der Waals surface area contributed by atoms with E-state index in [9.17, 15) is 9.90 Å². The van der Waals surface area contributed by atoms with E-state index >= 15 is 0 Å². The summed E-state index contributed by atoms with van der Waals surface area (Å²) in [5, 5.41) is 10.5. The Bertz CT molecular complexity index is 681. The molecule has 0 spiro atoms. The van der Waals surface area contributed by atoms with Gasteiger partial charge >= 0.3 is 5.97 Å². The standard InChI is InChI=1S/C16H17ClN2O2/c17-11-4-5-15-13(8-11)14(16(20)21)9-12(18-15)10-19-6-2-1-3-7-19/h4-5,8-9H,1-3,6-7,10H2,(H,20,21). The van der Waals surface area contributed by atoms with Crippen LogP contribution in [0.15, 0.2) is 24.3 Å². The van der Waals surface area contributed by atoms with Gasteiger partial charge in [0.1, 0.15) is 0 Å². The quantitative estimate of drug-likeness (QED) is 0.942. The number of aromatic carboxylic acids is 1. The molecule has 1 saturated heterocycles. The molecular formula is C16H17ClN2O2. The van der Waals surface area contributed by atoms with Crippen molar-refractivity contribution in [1.29, 1.82) is 0 Å². The first-order valence-electron chi connectivity index (χ1n) is 7.18. The first kappa shape index (κ1) is 14.3. The Morgan fingerprint density at radius 3 is 2.71 bits per heavy atom. The van der Waals surface area contributed by atoms with E-state index in [-0.39, 0.29) is 5.56 Å². The van der Waals surface area contributed by atoms with Gasteiger partial charge in [-0.15, -0.1) is 0 Å². The lowest BCUT2D eigenvalue weighted by molar-refractivity contribution is 0.0698. The second-order valence-corrected chi connectivity index (χ2v) is 5.90. The molecule has 0 atom stereocenters. The van der Waals surface area contributed by atoms with Gasteiger partial charge in [-0.25, -0.2) is 4.79 Å². The largest absolute Gasteiger partial charge is 0.478 e. The van der Waals surface area contributed by atoms with E-state index in [1.807, 2.05) is 0 Å². The third kappa shape index (κ3) is 3.17. The lowest BCUT2D eigenvalue weighted by Gasteiger charge is -2.26. The molecule has 0 amide bonds. The fraction of sp³-hybridized carbons (Fsp3) is 0.375. The number of nitrogens with zero attached hydrogens (tertiary/aromatic N) is 2. The summed E-state index contributed by atoms with van der Waals surface area (Å²) in [7, 11) is 0. The molecule has 110 valence electrons. The molecule has 1 fully saturated rings. The number of benzene rings is 1. The third-order valence-corrected chi connectivity index (χ3v) is 4.12. The van der Waals surface area contributed by atoms with Gasteiger partial charge in [0, 0.05) is 17.0 Å². The number of pyridine rings is 1. The van der Waals surface area contributed by atoms with Crippen LogP contribution < -0.4 is 0 Å². The number of piperidine rings is 1. The molecule has 2 heterocycles. The Morgan fingerprint density at radius 2 is 2.00 bits per heavy atom. The maximum atomic E-state index is 11.5. The second kappa shape index (κ2) is 6.00. The van der Waals surface area contributed by atoms with Crippen LogP contribution in [0.1, 0.15) is 35.3 Å². The molecule has 0 unspecified atom stereocenters. The monoisotopic (exact) mass is 304 g/mol. The smallest absolute Gasteiger partial charge is 0.336 e. The zero-order valence-electron chi connectivity index (χ0n) is 11.7. The zero-order chi connectivity index (χ0) is 14.8. The van der Waals surface area contributed by atoms with Crippen LogP contribution in [0.25, 0.3) is 10.9 Å². The van der Waals surface area contributed by atoms with Crippen molar-refractivity contribution in [3.8, 4) is 0 Å². The number of rotatable bonds is 3. The van der Waals surface area contributed by atoms with Crippen LogP contribution in [-0.4, -0.2) is 34.0 Å². The summed E-state index contributed by atoms with van der Waals surface area (Å²) in [6.45, 7) is 2.82. The van der Waals surface area contributed by atoms with Gasteiger partial charge < -0.3 is 5.11 Å². The van der Waals surface area contributed by atoms with Crippen molar-refractivity contribution >= 4 is 28.5 Å². The van der Waals surface area contributed by atoms with Gasteiger partial charge in [-0.2, -0.15) is 0 Å². The highest BCUT2D eigenvalue weighted by molar-refractivity contribution is 6.31. The van der Waals surface area contributed by atoms with Gasteiger partial charge in [-0.3, -0.25) is 9.88 Å². The minimum atomic E-state index is -0.940. The van der Waals surface area contributed by atoms with Crippen molar-refractivity contribution in [2.24, 2.45) is 0 Å². The summed E-state index contributed by atoms with van der Waals surface area (Å²) in [5.74, 6) is -0.940. The highest BCUT2D eigenvalue weighted by atomic mass is 35.5. The fourth-order valence-electron chi connectivity index (χ4n) is 2.86. The van der Waals surface area contributed by atoms with Crippen LogP contribution >= 0.6 is 11.6 Å². The van der Waals surface area contributed by atoms with Crippen LogP contribution in [0.4, 0.5) is 0 Å². The molecular weight excluding hydrogens is 288 g/mol.